The molecule has 3 aromatic rings. The molecule has 0 spiro atoms. The predicted octanol–water partition coefficient (Wildman–Crippen LogP) is 0.975. The van der Waals surface area contributed by atoms with Gasteiger partial charge in [-0.3, -0.25) is 9.42 Å². The number of amides is 1. The zero-order chi connectivity index (χ0) is 17.8. The van der Waals surface area contributed by atoms with Crippen molar-refractivity contribution >= 4 is 22.9 Å². The van der Waals surface area contributed by atoms with E-state index in [1.54, 1.807) is 0 Å². The Kier molecular flexibility index (Phi) is 4.60. The number of nitrogens with one attached hydrogen (secondary N) is 1. The van der Waals surface area contributed by atoms with Crippen LogP contribution in [0, 0.1) is 5.21 Å². The number of ether oxygens (including phenoxy) is 1. The van der Waals surface area contributed by atoms with E-state index in [-0.39, 0.29) is 22.4 Å². The standard InChI is InChI=1S/C17H15N3O5/c1-24-17(22)14(9-11-5-3-2-4-6-11)18-16(21)12-7-8-13-15(10-12)20(23)25-19-13/h2-8,10,14H,9H2,1H3,(H,18,21)/t14-/m0/s1. The van der Waals surface area contributed by atoms with Gasteiger partial charge in [0.1, 0.15) is 6.04 Å². The van der Waals surface area contributed by atoms with Gasteiger partial charge in [0, 0.05) is 23.2 Å². The fraction of sp³-hybridized carbons (Fsp3) is 0.176. The second-order valence-corrected chi connectivity index (χ2v) is 5.37. The summed E-state index contributed by atoms with van der Waals surface area (Å²) < 4.78 is 9.24. The Morgan fingerprint density at radius 1 is 1.28 bits per heavy atom. The molecule has 128 valence electrons. The molecule has 0 aliphatic heterocycles. The van der Waals surface area contributed by atoms with Gasteiger partial charge >= 0.3 is 5.97 Å². The van der Waals surface area contributed by atoms with Crippen LogP contribution in [0.15, 0.2) is 53.2 Å². The third-order valence-corrected chi connectivity index (χ3v) is 3.72. The van der Waals surface area contributed by atoms with Crippen LogP contribution in [0.2, 0.25) is 0 Å². The molecule has 8 nitrogen and oxygen atoms in total. The van der Waals surface area contributed by atoms with Crippen molar-refractivity contribution in [1.82, 2.24) is 10.5 Å². The molecule has 1 N–H and O–H groups in total. The molecule has 3 rings (SSSR count). The fourth-order valence-electron chi connectivity index (χ4n) is 2.44. The van der Waals surface area contributed by atoms with E-state index in [0.717, 1.165) is 5.56 Å². The van der Waals surface area contributed by atoms with Crippen LogP contribution in [-0.4, -0.2) is 30.2 Å². The highest BCUT2D eigenvalue weighted by Crippen LogP contribution is 2.11. The minimum atomic E-state index is -0.850. The first-order valence-corrected chi connectivity index (χ1v) is 7.50. The number of rotatable bonds is 5. The van der Waals surface area contributed by atoms with Crippen molar-refractivity contribution in [3.63, 3.8) is 0 Å². The number of hydrogen-bond donors (Lipinski definition) is 1. The van der Waals surface area contributed by atoms with Gasteiger partial charge < -0.3 is 15.3 Å². The summed E-state index contributed by atoms with van der Waals surface area (Å²) in [6.07, 6.45) is 0.288. The molecular weight excluding hydrogens is 326 g/mol. The lowest BCUT2D eigenvalue weighted by Crippen LogP contribution is -2.43. The van der Waals surface area contributed by atoms with Gasteiger partial charge in [-0.15, -0.1) is 0 Å². The van der Waals surface area contributed by atoms with Gasteiger partial charge in [-0.1, -0.05) is 30.3 Å². The summed E-state index contributed by atoms with van der Waals surface area (Å²) in [5.74, 6) is -1.06. The lowest BCUT2D eigenvalue weighted by molar-refractivity contribution is -0.782. The Labute approximate surface area is 142 Å². The molecule has 1 aromatic heterocycles. The molecule has 1 amide bonds. The fourth-order valence-corrected chi connectivity index (χ4v) is 2.44. The van der Waals surface area contributed by atoms with Crippen molar-refractivity contribution < 1.29 is 23.9 Å². The number of fused-ring (bicyclic) bond motifs is 1. The quantitative estimate of drug-likeness (QED) is 0.547. The number of methoxy groups -OCH3 is 1. The summed E-state index contributed by atoms with van der Waals surface area (Å²) in [5.41, 5.74) is 1.55. The monoisotopic (exact) mass is 341 g/mol. The number of aromatic nitrogens is 2. The van der Waals surface area contributed by atoms with Gasteiger partial charge in [-0.2, -0.15) is 0 Å². The third kappa shape index (κ3) is 3.57. The zero-order valence-electron chi connectivity index (χ0n) is 13.3. The van der Waals surface area contributed by atoms with Crippen molar-refractivity contribution in [3.05, 3.63) is 64.9 Å². The van der Waals surface area contributed by atoms with Crippen LogP contribution in [0.4, 0.5) is 0 Å². The van der Waals surface area contributed by atoms with E-state index >= 15 is 0 Å². The summed E-state index contributed by atoms with van der Waals surface area (Å²) >= 11 is 0. The molecular formula is C17H15N3O5. The van der Waals surface area contributed by atoms with Gasteiger partial charge in [-0.05, 0) is 22.6 Å². The van der Waals surface area contributed by atoms with Crippen LogP contribution in [0.5, 0.6) is 0 Å². The molecule has 0 fully saturated rings. The Morgan fingerprint density at radius 3 is 2.76 bits per heavy atom. The second-order valence-electron chi connectivity index (χ2n) is 5.37. The lowest BCUT2D eigenvalue weighted by Gasteiger charge is -2.16. The average molecular weight is 341 g/mol. The van der Waals surface area contributed by atoms with Crippen LogP contribution in [-0.2, 0) is 16.0 Å². The van der Waals surface area contributed by atoms with Crippen molar-refractivity contribution in [1.29, 1.82) is 0 Å². The molecule has 8 heteroatoms. The summed E-state index contributed by atoms with van der Waals surface area (Å²) in [4.78, 5) is 24.7. The van der Waals surface area contributed by atoms with E-state index < -0.39 is 17.9 Å². The molecule has 0 bridgehead atoms. The van der Waals surface area contributed by atoms with Crippen LogP contribution in [0.3, 0.4) is 0 Å². The molecule has 1 atom stereocenters. The number of carbonyl (C=O) groups excluding carboxylic acids is 2. The Morgan fingerprint density at radius 2 is 2.04 bits per heavy atom. The molecule has 0 aliphatic carbocycles. The maximum atomic E-state index is 12.5. The van der Waals surface area contributed by atoms with Gasteiger partial charge in [-0.25, -0.2) is 4.79 Å². The maximum absolute atomic E-state index is 12.5. The van der Waals surface area contributed by atoms with E-state index in [1.807, 2.05) is 30.3 Å². The smallest absolute Gasteiger partial charge is 0.328 e. The van der Waals surface area contributed by atoms with Gasteiger partial charge in [0.25, 0.3) is 5.91 Å². The van der Waals surface area contributed by atoms with Crippen molar-refractivity contribution in [2.24, 2.45) is 0 Å². The second kappa shape index (κ2) is 7.00. The number of carbonyl (C=O) groups is 2. The lowest BCUT2D eigenvalue weighted by atomic mass is 10.1. The highest BCUT2D eigenvalue weighted by atomic mass is 16.8. The molecule has 25 heavy (non-hydrogen) atoms. The number of esters is 1. The maximum Gasteiger partial charge on any atom is 0.328 e. The van der Waals surface area contributed by atoms with Gasteiger partial charge in [0.15, 0.2) is 0 Å². The van der Waals surface area contributed by atoms with Crippen LogP contribution in [0.25, 0.3) is 11.0 Å². The molecule has 0 radical (unpaired) electrons. The Hall–Kier alpha value is -3.42. The van der Waals surface area contributed by atoms with Crippen LogP contribution < -0.4 is 10.2 Å². The van der Waals surface area contributed by atoms with Crippen molar-refractivity contribution in [2.75, 3.05) is 7.11 Å². The zero-order valence-corrected chi connectivity index (χ0v) is 13.3. The van der Waals surface area contributed by atoms with Gasteiger partial charge in [0.05, 0.1) is 7.11 Å². The molecule has 1 heterocycles. The number of benzene rings is 2. The Bertz CT molecular complexity index is 907. The highest BCUT2D eigenvalue weighted by Gasteiger charge is 2.23. The SMILES string of the molecule is COC(=O)[C@H](Cc1ccccc1)NC(=O)c1ccc2no[n+]([O-])c2c1. The van der Waals surface area contributed by atoms with E-state index in [4.69, 9.17) is 4.74 Å². The first-order valence-electron chi connectivity index (χ1n) is 7.50. The topological polar surface area (TPSA) is 108 Å². The minimum Gasteiger partial charge on any atom is -0.467 e. The van der Waals surface area contributed by atoms with Crippen molar-refractivity contribution in [2.45, 2.75) is 12.5 Å². The van der Waals surface area contributed by atoms with Crippen LogP contribution >= 0.6 is 0 Å². The first kappa shape index (κ1) is 16.4. The summed E-state index contributed by atoms with van der Waals surface area (Å²) in [6, 6.07) is 12.8. The molecule has 0 unspecified atom stereocenters. The minimum absolute atomic E-state index is 0.130. The Balaban J connectivity index is 1.81. The predicted molar refractivity (Wildman–Crippen MR) is 86.4 cm³/mol. The molecule has 2 aromatic carbocycles. The molecule has 0 saturated carbocycles. The highest BCUT2D eigenvalue weighted by molar-refractivity contribution is 5.98. The third-order valence-electron chi connectivity index (χ3n) is 3.72. The van der Waals surface area contributed by atoms with E-state index in [9.17, 15) is 14.8 Å². The summed E-state index contributed by atoms with van der Waals surface area (Å²) in [5, 5.41) is 17.6. The van der Waals surface area contributed by atoms with E-state index in [2.05, 4.69) is 15.1 Å². The largest absolute Gasteiger partial charge is 0.467 e. The normalized spacial score (nSPS) is 11.9. The molecule has 0 aliphatic rings. The average Bonchev–Trinajstić information content (AvgIpc) is 3.01. The van der Waals surface area contributed by atoms with Crippen LogP contribution in [0.1, 0.15) is 15.9 Å². The van der Waals surface area contributed by atoms with Crippen molar-refractivity contribution in [3.8, 4) is 0 Å². The summed E-state index contributed by atoms with van der Waals surface area (Å²) in [6.45, 7) is 0. The van der Waals surface area contributed by atoms with Gasteiger partial charge in [0.2, 0.25) is 11.0 Å². The first-order chi connectivity index (χ1) is 12.1. The molecule has 0 saturated heterocycles. The number of nitrogens with zero attached hydrogens (tertiary/aromatic N) is 2. The van der Waals surface area contributed by atoms with E-state index in [0.29, 0.717) is 5.52 Å². The van der Waals surface area contributed by atoms with E-state index in [1.165, 1.54) is 25.3 Å². The number of hydrogen-bond acceptors (Lipinski definition) is 6. The summed E-state index contributed by atoms with van der Waals surface area (Å²) in [7, 11) is 1.26.